The number of nitrogens with zero attached hydrogens (tertiary/aromatic N) is 2. The molecule has 0 aromatic heterocycles. The zero-order valence-corrected chi connectivity index (χ0v) is 15.7. The van der Waals surface area contributed by atoms with E-state index in [1.807, 2.05) is 6.07 Å². The molecule has 4 nitrogen and oxygen atoms in total. The standard InChI is InChI=1S/C20H19F6N3O/c21-19(22,23)11-5-13-8-14(6-11)29(13)18(30)28-12-2-4-17(20(24,25)26)16(7-12)15-3-1-10(15)9-27/h2,4,7,10-11,13-15H,1,3,5-6,8H2,(H,28,30)/t10-,11?,13+,14?,15-/m0/s1. The number of halogens is 6. The first-order valence-electron chi connectivity index (χ1n) is 9.76. The number of amides is 2. The number of nitriles is 1. The average molecular weight is 431 g/mol. The number of benzene rings is 1. The van der Waals surface area contributed by atoms with Crippen molar-refractivity contribution in [3.63, 3.8) is 0 Å². The summed E-state index contributed by atoms with van der Waals surface area (Å²) in [5, 5.41) is 11.7. The highest BCUT2D eigenvalue weighted by Crippen LogP contribution is 2.49. The van der Waals surface area contributed by atoms with Gasteiger partial charge in [-0.2, -0.15) is 31.6 Å². The van der Waals surface area contributed by atoms with Gasteiger partial charge in [-0.15, -0.1) is 0 Å². The van der Waals surface area contributed by atoms with Gasteiger partial charge in [-0.1, -0.05) is 0 Å². The molecule has 1 N–H and O–H groups in total. The van der Waals surface area contributed by atoms with Crippen LogP contribution in [0.1, 0.15) is 49.1 Å². The summed E-state index contributed by atoms with van der Waals surface area (Å²) in [7, 11) is 0. The van der Waals surface area contributed by atoms with Crippen molar-refractivity contribution in [2.75, 3.05) is 5.32 Å². The van der Waals surface area contributed by atoms with Gasteiger partial charge in [0.2, 0.25) is 0 Å². The molecule has 4 rings (SSSR count). The predicted molar refractivity (Wildman–Crippen MR) is 94.4 cm³/mol. The van der Waals surface area contributed by atoms with Crippen LogP contribution in [0.3, 0.4) is 0 Å². The molecule has 5 atom stereocenters. The van der Waals surface area contributed by atoms with Gasteiger partial charge < -0.3 is 10.2 Å². The Morgan fingerprint density at radius 2 is 1.73 bits per heavy atom. The molecular weight excluding hydrogens is 412 g/mol. The molecule has 1 aliphatic carbocycles. The van der Waals surface area contributed by atoms with Crippen molar-refractivity contribution in [3.8, 4) is 6.07 Å². The van der Waals surface area contributed by atoms with E-state index in [1.165, 1.54) is 11.0 Å². The number of carbonyl (C=O) groups is 1. The lowest BCUT2D eigenvalue weighted by atomic mass is 9.69. The molecule has 10 heteroatoms. The first-order valence-corrected chi connectivity index (χ1v) is 9.76. The lowest BCUT2D eigenvalue weighted by Crippen LogP contribution is -2.65. The number of piperidine rings is 1. The number of hydrogen-bond acceptors (Lipinski definition) is 2. The van der Waals surface area contributed by atoms with Crippen LogP contribution in [0.4, 0.5) is 36.8 Å². The quantitative estimate of drug-likeness (QED) is 0.614. The molecule has 3 aliphatic rings. The maximum atomic E-state index is 13.4. The molecule has 1 aromatic carbocycles. The zero-order valence-electron chi connectivity index (χ0n) is 15.7. The van der Waals surface area contributed by atoms with Gasteiger partial charge in [0, 0.05) is 23.7 Å². The van der Waals surface area contributed by atoms with Crippen LogP contribution in [0.5, 0.6) is 0 Å². The summed E-state index contributed by atoms with van der Waals surface area (Å²) in [6.45, 7) is 0. The predicted octanol–water partition coefficient (Wildman–Crippen LogP) is 5.67. The van der Waals surface area contributed by atoms with Crippen molar-refractivity contribution >= 4 is 11.7 Å². The molecule has 0 radical (unpaired) electrons. The Labute approximate surface area is 168 Å². The van der Waals surface area contributed by atoms with Crippen molar-refractivity contribution in [2.45, 2.75) is 62.5 Å². The number of carbonyl (C=O) groups excluding carboxylic acids is 1. The number of nitrogens with one attached hydrogen (secondary N) is 1. The van der Waals surface area contributed by atoms with Gasteiger partial charge in [0.1, 0.15) is 0 Å². The second-order valence-corrected chi connectivity index (χ2v) is 8.31. The molecule has 30 heavy (non-hydrogen) atoms. The lowest BCUT2D eigenvalue weighted by Gasteiger charge is -2.55. The Bertz CT molecular complexity index is 878. The van der Waals surface area contributed by atoms with Gasteiger partial charge in [0.05, 0.1) is 23.5 Å². The van der Waals surface area contributed by atoms with Crippen LogP contribution in [0.15, 0.2) is 18.2 Å². The van der Waals surface area contributed by atoms with Crippen LogP contribution in [-0.2, 0) is 6.18 Å². The third kappa shape index (κ3) is 3.59. The van der Waals surface area contributed by atoms with Gasteiger partial charge in [-0.3, -0.25) is 0 Å². The fourth-order valence-electron chi connectivity index (χ4n) is 4.89. The largest absolute Gasteiger partial charge is 0.416 e. The lowest BCUT2D eigenvalue weighted by molar-refractivity contribution is -0.205. The van der Waals surface area contributed by atoms with Crippen LogP contribution >= 0.6 is 0 Å². The molecule has 2 aliphatic heterocycles. The highest BCUT2D eigenvalue weighted by atomic mass is 19.4. The van der Waals surface area contributed by atoms with Gasteiger partial charge in [0.25, 0.3) is 0 Å². The van der Waals surface area contributed by atoms with Gasteiger partial charge in [0.15, 0.2) is 0 Å². The van der Waals surface area contributed by atoms with Crippen molar-refractivity contribution < 1.29 is 31.1 Å². The molecule has 0 spiro atoms. The highest BCUT2D eigenvalue weighted by molar-refractivity contribution is 5.90. The highest BCUT2D eigenvalue weighted by Gasteiger charge is 2.54. The maximum Gasteiger partial charge on any atom is 0.416 e. The topological polar surface area (TPSA) is 56.1 Å². The minimum absolute atomic E-state index is 0.0287. The SMILES string of the molecule is N#C[C@@H]1CC[C@@H]1c1cc(NC(=O)N2C3CC(C(F)(F)F)C[C@@H]2C3)ccc1C(F)(F)F. The van der Waals surface area contributed by atoms with E-state index < -0.39 is 53.8 Å². The first-order chi connectivity index (χ1) is 14.0. The number of anilines is 1. The van der Waals surface area contributed by atoms with Crippen LogP contribution in [0.25, 0.3) is 0 Å². The first kappa shape index (κ1) is 20.8. The van der Waals surface area contributed by atoms with E-state index in [0.717, 1.165) is 12.1 Å². The molecule has 162 valence electrons. The number of fused-ring (bicyclic) bond motifs is 2. The summed E-state index contributed by atoms with van der Waals surface area (Å²) in [6.07, 6.45) is -7.71. The molecular formula is C20H19F6N3O. The van der Waals surface area contributed by atoms with Crippen LogP contribution in [-0.4, -0.2) is 29.2 Å². The number of hydrogen-bond donors (Lipinski definition) is 1. The Morgan fingerprint density at radius 3 is 2.23 bits per heavy atom. The van der Waals surface area contributed by atoms with E-state index in [4.69, 9.17) is 5.26 Å². The van der Waals surface area contributed by atoms with E-state index in [0.29, 0.717) is 19.3 Å². The molecule has 2 unspecified atom stereocenters. The van der Waals surface area contributed by atoms with Crippen LogP contribution in [0.2, 0.25) is 0 Å². The van der Waals surface area contributed by atoms with Gasteiger partial charge >= 0.3 is 18.4 Å². The summed E-state index contributed by atoms with van der Waals surface area (Å²) in [4.78, 5) is 14.0. The smallest absolute Gasteiger partial charge is 0.318 e. The minimum atomic E-state index is -4.59. The number of rotatable bonds is 2. The summed E-state index contributed by atoms with van der Waals surface area (Å²) < 4.78 is 79.0. The second kappa shape index (κ2) is 7.06. The van der Waals surface area contributed by atoms with Gasteiger partial charge in [-0.25, -0.2) is 4.79 Å². The normalized spacial score (nSPS) is 30.7. The fraction of sp³-hybridized carbons (Fsp3) is 0.600. The average Bonchev–Trinajstić information content (AvgIpc) is 2.59. The summed E-state index contributed by atoms with van der Waals surface area (Å²) in [5.74, 6) is -2.49. The molecule has 1 aromatic rings. The molecule has 2 amide bonds. The van der Waals surface area contributed by atoms with E-state index in [2.05, 4.69) is 5.32 Å². The Hall–Kier alpha value is -2.44. The summed E-state index contributed by atoms with van der Waals surface area (Å²) >= 11 is 0. The molecule has 3 fully saturated rings. The minimum Gasteiger partial charge on any atom is -0.318 e. The Kier molecular flexibility index (Phi) is 4.90. The van der Waals surface area contributed by atoms with Crippen LogP contribution in [0, 0.1) is 23.2 Å². The number of alkyl halides is 6. The molecule has 2 heterocycles. The third-order valence-electron chi connectivity index (χ3n) is 6.59. The Balaban J connectivity index is 1.50. The fourth-order valence-corrected chi connectivity index (χ4v) is 4.89. The van der Waals surface area contributed by atoms with Crippen molar-refractivity contribution in [3.05, 3.63) is 29.3 Å². The van der Waals surface area contributed by atoms with Crippen molar-refractivity contribution in [2.24, 2.45) is 11.8 Å². The summed E-state index contributed by atoms with van der Waals surface area (Å²) in [5.41, 5.74) is -0.720. The van der Waals surface area contributed by atoms with E-state index >= 15 is 0 Å². The van der Waals surface area contributed by atoms with E-state index in [1.54, 1.807) is 0 Å². The van der Waals surface area contributed by atoms with Gasteiger partial charge in [-0.05, 0) is 55.9 Å². The van der Waals surface area contributed by atoms with E-state index in [-0.39, 0.29) is 24.1 Å². The van der Waals surface area contributed by atoms with Crippen LogP contribution < -0.4 is 5.32 Å². The maximum absolute atomic E-state index is 13.4. The van der Waals surface area contributed by atoms with E-state index in [9.17, 15) is 31.1 Å². The Morgan fingerprint density at radius 1 is 1.07 bits per heavy atom. The van der Waals surface area contributed by atoms with Crippen molar-refractivity contribution in [1.82, 2.24) is 4.90 Å². The molecule has 2 saturated heterocycles. The summed E-state index contributed by atoms with van der Waals surface area (Å²) in [6, 6.07) is 3.64. The third-order valence-corrected chi connectivity index (χ3v) is 6.59. The molecule has 2 bridgehead atoms. The monoisotopic (exact) mass is 431 g/mol. The second-order valence-electron chi connectivity index (χ2n) is 8.31. The number of urea groups is 1. The zero-order chi connectivity index (χ0) is 21.8. The van der Waals surface area contributed by atoms with Crippen molar-refractivity contribution in [1.29, 1.82) is 5.26 Å². The molecule has 1 saturated carbocycles.